The summed E-state index contributed by atoms with van der Waals surface area (Å²) in [6, 6.07) is 11.1. The van der Waals surface area contributed by atoms with Gasteiger partial charge in [-0.1, -0.05) is 47.5 Å². The maximum atomic E-state index is 6.39. The lowest BCUT2D eigenvalue weighted by molar-refractivity contribution is 0.284. The first-order chi connectivity index (χ1) is 9.68. The zero-order valence-corrected chi connectivity index (χ0v) is 12.4. The Balaban J connectivity index is 2.09. The Hall–Kier alpha value is -1.22. The predicted octanol–water partition coefficient (Wildman–Crippen LogP) is 4.37. The molecule has 3 rings (SSSR count). The van der Waals surface area contributed by atoms with Gasteiger partial charge in [0, 0.05) is 21.2 Å². The van der Waals surface area contributed by atoms with Crippen LogP contribution in [0.4, 0.5) is 0 Å². The van der Waals surface area contributed by atoms with Gasteiger partial charge in [0.2, 0.25) is 0 Å². The Morgan fingerprint density at radius 1 is 1.05 bits per heavy atom. The second-order valence-corrected chi connectivity index (χ2v) is 5.71. The first-order valence-electron chi connectivity index (χ1n) is 6.62. The molecule has 1 aliphatic rings. The summed E-state index contributed by atoms with van der Waals surface area (Å²) >= 11 is 12.5. The highest BCUT2D eigenvalue weighted by Gasteiger charge is 2.22. The van der Waals surface area contributed by atoms with E-state index in [-0.39, 0.29) is 6.04 Å². The van der Waals surface area contributed by atoms with Crippen LogP contribution in [0.25, 0.3) is 0 Å². The van der Waals surface area contributed by atoms with E-state index < -0.39 is 0 Å². The third kappa shape index (κ3) is 2.39. The zero-order valence-electron chi connectivity index (χ0n) is 10.9. The molecule has 0 saturated carbocycles. The number of para-hydroxylation sites is 1. The largest absolute Gasteiger partial charge is 0.493 e. The Morgan fingerprint density at radius 3 is 2.50 bits per heavy atom. The minimum absolute atomic E-state index is 0.385. The number of hydrogen-bond donors (Lipinski definition) is 1. The normalized spacial score (nSPS) is 15.3. The fourth-order valence-electron chi connectivity index (χ4n) is 2.62. The molecule has 104 valence electrons. The van der Waals surface area contributed by atoms with Gasteiger partial charge in [0.1, 0.15) is 5.75 Å². The lowest BCUT2D eigenvalue weighted by Crippen LogP contribution is -2.18. The summed E-state index contributed by atoms with van der Waals surface area (Å²) in [5.41, 5.74) is 9.28. The molecule has 2 N–H and O–H groups in total. The van der Waals surface area contributed by atoms with E-state index in [1.165, 1.54) is 5.56 Å². The first-order valence-corrected chi connectivity index (χ1v) is 7.38. The highest BCUT2D eigenvalue weighted by Crippen LogP contribution is 2.38. The van der Waals surface area contributed by atoms with E-state index in [1.807, 2.05) is 18.2 Å². The lowest BCUT2D eigenvalue weighted by atomic mass is 9.94. The van der Waals surface area contributed by atoms with Crippen LogP contribution in [-0.4, -0.2) is 6.61 Å². The molecule has 0 saturated heterocycles. The van der Waals surface area contributed by atoms with Crippen LogP contribution < -0.4 is 10.5 Å². The molecule has 0 fully saturated rings. The average molecular weight is 308 g/mol. The fraction of sp³-hybridized carbons (Fsp3) is 0.250. The van der Waals surface area contributed by atoms with Crippen molar-refractivity contribution in [2.45, 2.75) is 18.9 Å². The molecule has 1 unspecified atom stereocenters. The van der Waals surface area contributed by atoms with E-state index in [9.17, 15) is 0 Å². The smallest absolute Gasteiger partial charge is 0.127 e. The van der Waals surface area contributed by atoms with Gasteiger partial charge in [-0.3, -0.25) is 0 Å². The summed E-state index contributed by atoms with van der Waals surface area (Å²) in [5.74, 6) is 0.891. The molecule has 0 aliphatic carbocycles. The van der Waals surface area contributed by atoms with Crippen molar-refractivity contribution in [1.82, 2.24) is 0 Å². The van der Waals surface area contributed by atoms with E-state index in [0.29, 0.717) is 10.0 Å². The number of halogens is 2. The van der Waals surface area contributed by atoms with Crippen molar-refractivity contribution in [3.8, 4) is 5.75 Å². The van der Waals surface area contributed by atoms with E-state index >= 15 is 0 Å². The maximum Gasteiger partial charge on any atom is 0.127 e. The van der Waals surface area contributed by atoms with Crippen LogP contribution >= 0.6 is 23.2 Å². The van der Waals surface area contributed by atoms with Crippen molar-refractivity contribution in [2.24, 2.45) is 5.73 Å². The molecule has 4 heteroatoms. The van der Waals surface area contributed by atoms with Crippen molar-refractivity contribution in [1.29, 1.82) is 0 Å². The van der Waals surface area contributed by atoms with Crippen molar-refractivity contribution < 1.29 is 4.74 Å². The number of nitrogens with two attached hydrogens (primary N) is 1. The molecule has 0 aromatic heterocycles. The topological polar surface area (TPSA) is 35.2 Å². The standard InChI is InChI=1S/C16H15Cl2NO/c17-12-7-2-8-13(18)14(12)15(19)11-6-1-4-10-5-3-9-20-16(10)11/h1-2,4,6-8,15H,3,5,9,19H2. The predicted molar refractivity (Wildman–Crippen MR) is 82.8 cm³/mol. The third-order valence-electron chi connectivity index (χ3n) is 3.61. The molecule has 0 spiro atoms. The van der Waals surface area contributed by atoms with Gasteiger partial charge in [0.05, 0.1) is 12.6 Å². The Bertz CT molecular complexity index is 622. The molecule has 2 nitrogen and oxygen atoms in total. The van der Waals surface area contributed by atoms with Crippen molar-refractivity contribution in [3.63, 3.8) is 0 Å². The third-order valence-corrected chi connectivity index (χ3v) is 4.27. The van der Waals surface area contributed by atoms with Crippen LogP contribution in [0.15, 0.2) is 36.4 Å². The average Bonchev–Trinajstić information content (AvgIpc) is 2.46. The van der Waals surface area contributed by atoms with Crippen LogP contribution in [0.5, 0.6) is 5.75 Å². The highest BCUT2D eigenvalue weighted by atomic mass is 35.5. The number of aryl methyl sites for hydroxylation is 1. The maximum absolute atomic E-state index is 6.39. The van der Waals surface area contributed by atoms with Crippen molar-refractivity contribution >= 4 is 23.2 Å². The number of ether oxygens (including phenoxy) is 1. The molecule has 1 atom stereocenters. The summed E-state index contributed by atoms with van der Waals surface area (Å²) in [5, 5.41) is 1.16. The quantitative estimate of drug-likeness (QED) is 0.894. The molecular formula is C16H15Cl2NO. The highest BCUT2D eigenvalue weighted by molar-refractivity contribution is 6.36. The Labute approximate surface area is 128 Å². The Morgan fingerprint density at radius 2 is 1.75 bits per heavy atom. The van der Waals surface area contributed by atoms with Crippen molar-refractivity contribution in [2.75, 3.05) is 6.61 Å². The van der Waals surface area contributed by atoms with Gasteiger partial charge in [-0.15, -0.1) is 0 Å². The molecule has 0 radical (unpaired) electrons. The molecule has 1 aliphatic heterocycles. The summed E-state index contributed by atoms with van der Waals surface area (Å²) < 4.78 is 5.81. The van der Waals surface area contributed by atoms with Crippen LogP contribution in [0.2, 0.25) is 10.0 Å². The zero-order chi connectivity index (χ0) is 14.1. The number of fused-ring (bicyclic) bond motifs is 1. The van der Waals surface area contributed by atoms with Gasteiger partial charge >= 0.3 is 0 Å². The van der Waals surface area contributed by atoms with E-state index in [2.05, 4.69) is 6.07 Å². The van der Waals surface area contributed by atoms with Gasteiger partial charge in [-0.2, -0.15) is 0 Å². The van der Waals surface area contributed by atoms with Gasteiger partial charge in [-0.25, -0.2) is 0 Å². The second kappa shape index (κ2) is 5.65. The molecule has 2 aromatic carbocycles. The number of hydrogen-bond acceptors (Lipinski definition) is 2. The molecule has 20 heavy (non-hydrogen) atoms. The molecule has 1 heterocycles. The van der Waals surface area contributed by atoms with E-state index in [4.69, 9.17) is 33.7 Å². The van der Waals surface area contributed by atoms with Gasteiger partial charge in [0.25, 0.3) is 0 Å². The van der Waals surface area contributed by atoms with E-state index in [0.717, 1.165) is 36.3 Å². The van der Waals surface area contributed by atoms with Crippen LogP contribution in [0, 0.1) is 0 Å². The summed E-state index contributed by atoms with van der Waals surface area (Å²) in [7, 11) is 0. The monoisotopic (exact) mass is 307 g/mol. The fourth-order valence-corrected chi connectivity index (χ4v) is 3.26. The van der Waals surface area contributed by atoms with E-state index in [1.54, 1.807) is 12.1 Å². The summed E-state index contributed by atoms with van der Waals surface area (Å²) in [6.07, 6.45) is 2.06. The minimum Gasteiger partial charge on any atom is -0.493 e. The van der Waals surface area contributed by atoms with Crippen molar-refractivity contribution in [3.05, 3.63) is 63.1 Å². The molecule has 0 amide bonds. The van der Waals surface area contributed by atoms with Crippen LogP contribution in [0.1, 0.15) is 29.2 Å². The van der Waals surface area contributed by atoms with Gasteiger partial charge in [0.15, 0.2) is 0 Å². The minimum atomic E-state index is -0.385. The molecular weight excluding hydrogens is 293 g/mol. The SMILES string of the molecule is NC(c1cccc2c1OCCC2)c1c(Cl)cccc1Cl. The number of rotatable bonds is 2. The van der Waals surface area contributed by atoms with Crippen LogP contribution in [0.3, 0.4) is 0 Å². The number of benzene rings is 2. The molecule has 2 aromatic rings. The second-order valence-electron chi connectivity index (χ2n) is 4.90. The summed E-state index contributed by atoms with van der Waals surface area (Å²) in [6.45, 7) is 0.729. The summed E-state index contributed by atoms with van der Waals surface area (Å²) in [4.78, 5) is 0. The van der Waals surface area contributed by atoms with Gasteiger partial charge < -0.3 is 10.5 Å². The lowest BCUT2D eigenvalue weighted by Gasteiger charge is -2.24. The first kappa shape index (κ1) is 13.7. The van der Waals surface area contributed by atoms with Gasteiger partial charge in [-0.05, 0) is 30.5 Å². The molecule has 0 bridgehead atoms. The van der Waals surface area contributed by atoms with Crippen LogP contribution in [-0.2, 0) is 6.42 Å². The Kier molecular flexibility index (Phi) is 3.88.